The summed E-state index contributed by atoms with van der Waals surface area (Å²) >= 11 is 0. The Balaban J connectivity index is 1.59. The number of urea groups is 1. The minimum Gasteiger partial charge on any atom is -0.466 e. The number of fused-ring (bicyclic) bond motifs is 1. The summed E-state index contributed by atoms with van der Waals surface area (Å²) in [6.45, 7) is 14.7. The molecule has 6 heteroatoms. The minimum absolute atomic E-state index is 0.00213. The molecule has 1 aliphatic carbocycles. The molecule has 1 aliphatic heterocycles. The average Bonchev–Trinajstić information content (AvgIpc) is 2.93. The maximum Gasteiger partial charge on any atom is 0.315 e. The van der Waals surface area contributed by atoms with Crippen LogP contribution in [-0.4, -0.2) is 49.3 Å². The summed E-state index contributed by atoms with van der Waals surface area (Å²) < 4.78 is 11.3. The van der Waals surface area contributed by atoms with Crippen molar-refractivity contribution in [3.63, 3.8) is 0 Å². The van der Waals surface area contributed by atoms with Crippen LogP contribution in [0, 0.1) is 12.3 Å². The molecule has 1 atom stereocenters. The number of carbonyl (C=O) groups is 1. The summed E-state index contributed by atoms with van der Waals surface area (Å²) in [6, 6.07) is 1.95. The number of hydrogen-bond acceptors (Lipinski definition) is 4. The third-order valence-electron chi connectivity index (χ3n) is 5.59. The molecule has 26 heavy (non-hydrogen) atoms. The van der Waals surface area contributed by atoms with Crippen LogP contribution in [0.2, 0.25) is 0 Å². The van der Waals surface area contributed by atoms with E-state index in [2.05, 4.69) is 49.3 Å². The van der Waals surface area contributed by atoms with Gasteiger partial charge in [-0.05, 0) is 38.7 Å². The van der Waals surface area contributed by atoms with Gasteiger partial charge in [0.1, 0.15) is 11.5 Å². The predicted octanol–water partition coefficient (Wildman–Crippen LogP) is 3.01. The molecule has 0 unspecified atom stereocenters. The third-order valence-corrected chi connectivity index (χ3v) is 5.59. The van der Waals surface area contributed by atoms with Crippen molar-refractivity contribution in [3.05, 3.63) is 23.2 Å². The van der Waals surface area contributed by atoms with Crippen LogP contribution in [0.4, 0.5) is 4.79 Å². The van der Waals surface area contributed by atoms with Crippen molar-refractivity contribution in [1.29, 1.82) is 0 Å². The molecule has 146 valence electrons. The molecule has 2 N–H and O–H groups in total. The highest BCUT2D eigenvalue weighted by molar-refractivity contribution is 5.74. The Morgan fingerprint density at radius 1 is 1.35 bits per heavy atom. The van der Waals surface area contributed by atoms with E-state index in [0.717, 1.165) is 56.2 Å². The van der Waals surface area contributed by atoms with E-state index in [-0.39, 0.29) is 23.0 Å². The number of hydrogen-bond donors (Lipinski definition) is 2. The fraction of sp³-hybridized carbons (Fsp3) is 0.750. The van der Waals surface area contributed by atoms with Gasteiger partial charge in [-0.25, -0.2) is 4.79 Å². The second-order valence-electron chi connectivity index (χ2n) is 9.07. The molecule has 2 amide bonds. The van der Waals surface area contributed by atoms with Crippen molar-refractivity contribution in [3.8, 4) is 0 Å². The Kier molecular flexibility index (Phi) is 5.35. The largest absolute Gasteiger partial charge is 0.466 e. The molecule has 0 bridgehead atoms. The van der Waals surface area contributed by atoms with Gasteiger partial charge in [0, 0.05) is 37.2 Å². The Morgan fingerprint density at radius 2 is 2.04 bits per heavy atom. The van der Waals surface area contributed by atoms with Gasteiger partial charge in [-0.2, -0.15) is 0 Å². The van der Waals surface area contributed by atoms with Gasteiger partial charge in [-0.3, -0.25) is 4.90 Å². The number of nitrogens with zero attached hydrogens (tertiary/aromatic N) is 1. The van der Waals surface area contributed by atoms with E-state index >= 15 is 0 Å². The fourth-order valence-electron chi connectivity index (χ4n) is 4.10. The summed E-state index contributed by atoms with van der Waals surface area (Å²) in [6.07, 6.45) is 1.83. The molecule has 1 aromatic rings. The zero-order chi connectivity index (χ0) is 18.9. The fourth-order valence-corrected chi connectivity index (χ4v) is 4.10. The van der Waals surface area contributed by atoms with Crippen LogP contribution in [0.3, 0.4) is 0 Å². The number of rotatable bonds is 4. The van der Waals surface area contributed by atoms with Crippen molar-refractivity contribution in [2.75, 3.05) is 32.8 Å². The highest BCUT2D eigenvalue weighted by Gasteiger charge is 2.36. The maximum absolute atomic E-state index is 12.6. The molecule has 2 aliphatic rings. The quantitative estimate of drug-likeness (QED) is 0.863. The Morgan fingerprint density at radius 3 is 2.73 bits per heavy atom. The van der Waals surface area contributed by atoms with E-state index in [0.29, 0.717) is 6.54 Å². The number of aryl methyl sites for hydroxylation is 1. The van der Waals surface area contributed by atoms with Crippen molar-refractivity contribution in [1.82, 2.24) is 15.5 Å². The van der Waals surface area contributed by atoms with Gasteiger partial charge in [0.15, 0.2) is 0 Å². The molecule has 1 fully saturated rings. The number of morpholine rings is 1. The molecule has 0 radical (unpaired) electrons. The van der Waals surface area contributed by atoms with Crippen molar-refractivity contribution in [2.45, 2.75) is 59.0 Å². The first-order chi connectivity index (χ1) is 12.2. The summed E-state index contributed by atoms with van der Waals surface area (Å²) in [5.74, 6) is 1.92. The van der Waals surface area contributed by atoms with Crippen molar-refractivity contribution < 1.29 is 13.9 Å². The molecule has 0 aromatic carbocycles. The molecular weight excluding hydrogens is 330 g/mol. The zero-order valence-corrected chi connectivity index (χ0v) is 16.8. The molecule has 0 spiro atoms. The molecule has 0 saturated carbocycles. The van der Waals surface area contributed by atoms with Crippen LogP contribution in [-0.2, 0) is 11.2 Å². The molecular formula is C20H33N3O3. The van der Waals surface area contributed by atoms with E-state index in [1.54, 1.807) is 0 Å². The van der Waals surface area contributed by atoms with Gasteiger partial charge >= 0.3 is 6.03 Å². The van der Waals surface area contributed by atoms with Gasteiger partial charge < -0.3 is 19.8 Å². The lowest BCUT2D eigenvalue weighted by Gasteiger charge is -2.41. The summed E-state index contributed by atoms with van der Waals surface area (Å²) in [7, 11) is 0. The first kappa shape index (κ1) is 19.2. The number of carbonyl (C=O) groups excluding carboxylic acids is 1. The number of nitrogens with one attached hydrogen (secondary N) is 2. The molecule has 2 heterocycles. The SMILES string of the molecule is Cc1cc2c(o1)CC(C)(C)C[C@H]2NC(=O)NCC(C)(C)N1CCOCC1. The number of ether oxygens (including phenoxy) is 1. The Labute approximate surface area is 156 Å². The minimum atomic E-state index is -0.112. The van der Waals surface area contributed by atoms with E-state index in [9.17, 15) is 4.79 Å². The first-order valence-electron chi connectivity index (χ1n) is 9.63. The van der Waals surface area contributed by atoms with Crippen LogP contribution < -0.4 is 10.6 Å². The monoisotopic (exact) mass is 363 g/mol. The predicted molar refractivity (Wildman–Crippen MR) is 101 cm³/mol. The van der Waals surface area contributed by atoms with Crippen LogP contribution >= 0.6 is 0 Å². The highest BCUT2D eigenvalue weighted by atomic mass is 16.5. The lowest BCUT2D eigenvalue weighted by atomic mass is 9.75. The average molecular weight is 364 g/mol. The van der Waals surface area contributed by atoms with E-state index in [1.165, 1.54) is 0 Å². The van der Waals surface area contributed by atoms with Crippen LogP contribution in [0.5, 0.6) is 0 Å². The van der Waals surface area contributed by atoms with Gasteiger partial charge in [0.2, 0.25) is 0 Å². The smallest absolute Gasteiger partial charge is 0.315 e. The lowest BCUT2D eigenvalue weighted by molar-refractivity contribution is -0.00878. The topological polar surface area (TPSA) is 66.7 Å². The van der Waals surface area contributed by atoms with E-state index < -0.39 is 0 Å². The summed E-state index contributed by atoms with van der Waals surface area (Å²) in [5, 5.41) is 6.24. The van der Waals surface area contributed by atoms with Gasteiger partial charge in [0.25, 0.3) is 0 Å². The Hall–Kier alpha value is -1.53. The molecule has 6 nitrogen and oxygen atoms in total. The first-order valence-corrected chi connectivity index (χ1v) is 9.63. The zero-order valence-electron chi connectivity index (χ0n) is 16.8. The molecule has 3 rings (SSSR count). The van der Waals surface area contributed by atoms with E-state index in [1.807, 2.05) is 6.92 Å². The highest BCUT2D eigenvalue weighted by Crippen LogP contribution is 2.41. The summed E-state index contributed by atoms with van der Waals surface area (Å²) in [4.78, 5) is 14.9. The normalized spacial score (nSPS) is 23.3. The lowest BCUT2D eigenvalue weighted by Crippen LogP contribution is -2.56. The van der Waals surface area contributed by atoms with Crippen LogP contribution in [0.15, 0.2) is 10.5 Å². The second-order valence-corrected chi connectivity index (χ2v) is 9.07. The van der Waals surface area contributed by atoms with Crippen molar-refractivity contribution >= 4 is 6.03 Å². The standard InChI is InChI=1S/C20H33N3O3/c1-14-10-15-16(11-19(2,3)12-17(15)26-14)22-18(24)21-13-20(4,5)23-6-8-25-9-7-23/h10,16H,6-9,11-13H2,1-5H3,(H2,21,22,24)/t16-/m1/s1. The third kappa shape index (κ3) is 4.41. The van der Waals surface area contributed by atoms with Gasteiger partial charge in [0.05, 0.1) is 19.3 Å². The van der Waals surface area contributed by atoms with Gasteiger partial charge in [-0.15, -0.1) is 0 Å². The molecule has 1 saturated heterocycles. The number of amides is 2. The van der Waals surface area contributed by atoms with Crippen LogP contribution in [0.1, 0.15) is 57.2 Å². The van der Waals surface area contributed by atoms with E-state index in [4.69, 9.17) is 9.15 Å². The van der Waals surface area contributed by atoms with Gasteiger partial charge in [-0.1, -0.05) is 13.8 Å². The van der Waals surface area contributed by atoms with Crippen molar-refractivity contribution in [2.24, 2.45) is 5.41 Å². The number of furan rings is 1. The second kappa shape index (κ2) is 7.24. The van der Waals surface area contributed by atoms with Crippen LogP contribution in [0.25, 0.3) is 0 Å². The summed E-state index contributed by atoms with van der Waals surface area (Å²) in [5.41, 5.74) is 1.15. The Bertz CT molecular complexity index is 645. The molecule has 1 aromatic heterocycles. The maximum atomic E-state index is 12.6.